The maximum absolute atomic E-state index is 12.5. The van der Waals surface area contributed by atoms with Crippen LogP contribution in [0.4, 0.5) is 5.69 Å². The highest BCUT2D eigenvalue weighted by Crippen LogP contribution is 2.17. The molecule has 2 aromatic heterocycles. The molecule has 8 nitrogen and oxygen atoms in total. The molecule has 2 N–H and O–H groups in total. The summed E-state index contributed by atoms with van der Waals surface area (Å²) in [5.41, 5.74) is 0.161. The fourth-order valence-electron chi connectivity index (χ4n) is 3.12. The van der Waals surface area contributed by atoms with Crippen molar-refractivity contribution in [2.45, 2.75) is 51.7 Å². The number of amides is 2. The molecule has 0 spiro atoms. The molecular weight excluding hydrogens is 334 g/mol. The van der Waals surface area contributed by atoms with E-state index in [9.17, 15) is 14.4 Å². The van der Waals surface area contributed by atoms with E-state index in [1.54, 1.807) is 23.1 Å². The quantitative estimate of drug-likeness (QED) is 0.816. The van der Waals surface area contributed by atoms with Crippen LogP contribution in [0.3, 0.4) is 0 Å². The Morgan fingerprint density at radius 3 is 2.77 bits per heavy atom. The Labute approximate surface area is 151 Å². The number of aryl methyl sites for hydroxylation is 1. The number of anilines is 1. The van der Waals surface area contributed by atoms with Gasteiger partial charge in [-0.25, -0.2) is 0 Å². The van der Waals surface area contributed by atoms with Gasteiger partial charge in [-0.1, -0.05) is 12.8 Å². The van der Waals surface area contributed by atoms with Gasteiger partial charge in [-0.15, -0.1) is 0 Å². The van der Waals surface area contributed by atoms with Gasteiger partial charge in [0.2, 0.25) is 5.91 Å². The van der Waals surface area contributed by atoms with Crippen molar-refractivity contribution >= 4 is 17.5 Å². The molecule has 8 heteroatoms. The van der Waals surface area contributed by atoms with Gasteiger partial charge in [-0.2, -0.15) is 5.10 Å². The Morgan fingerprint density at radius 1 is 1.31 bits per heavy atom. The van der Waals surface area contributed by atoms with Crippen LogP contribution in [0.2, 0.25) is 0 Å². The lowest BCUT2D eigenvalue weighted by Gasteiger charge is -2.12. The number of aromatic nitrogens is 3. The molecule has 1 aliphatic rings. The van der Waals surface area contributed by atoms with Crippen LogP contribution in [-0.2, 0) is 17.9 Å². The monoisotopic (exact) mass is 357 g/mol. The lowest BCUT2D eigenvalue weighted by Crippen LogP contribution is -2.38. The van der Waals surface area contributed by atoms with Gasteiger partial charge >= 0.3 is 0 Å². The summed E-state index contributed by atoms with van der Waals surface area (Å²) in [5, 5.41) is 9.68. The third-order valence-corrected chi connectivity index (χ3v) is 4.51. The summed E-state index contributed by atoms with van der Waals surface area (Å²) in [7, 11) is 0. The number of carbonyl (C=O) groups excluding carboxylic acids is 2. The summed E-state index contributed by atoms with van der Waals surface area (Å²) >= 11 is 0. The highest BCUT2D eigenvalue weighted by molar-refractivity contribution is 5.94. The molecule has 0 bridgehead atoms. The fraction of sp³-hybridized carbons (Fsp3) is 0.444. The molecule has 0 saturated heterocycles. The summed E-state index contributed by atoms with van der Waals surface area (Å²) < 4.78 is 2.93. The zero-order chi connectivity index (χ0) is 18.5. The molecule has 0 atom stereocenters. The summed E-state index contributed by atoms with van der Waals surface area (Å²) in [6, 6.07) is 3.23. The van der Waals surface area contributed by atoms with Crippen molar-refractivity contribution in [3.05, 3.63) is 46.6 Å². The molecule has 0 radical (unpaired) electrons. The predicted molar refractivity (Wildman–Crippen MR) is 97.0 cm³/mol. The van der Waals surface area contributed by atoms with E-state index in [0.717, 1.165) is 25.7 Å². The van der Waals surface area contributed by atoms with Crippen LogP contribution in [0.25, 0.3) is 0 Å². The Balaban J connectivity index is 1.67. The highest BCUT2D eigenvalue weighted by atomic mass is 16.2. The van der Waals surface area contributed by atoms with Gasteiger partial charge < -0.3 is 15.2 Å². The largest absolute Gasteiger partial charge is 0.349 e. The number of hydrogen-bond donors (Lipinski definition) is 2. The molecule has 2 aromatic rings. The predicted octanol–water partition coefficient (Wildman–Crippen LogP) is 1.38. The molecule has 3 rings (SSSR count). The first-order valence-electron chi connectivity index (χ1n) is 8.89. The number of nitrogens with one attached hydrogen (secondary N) is 2. The van der Waals surface area contributed by atoms with Crippen LogP contribution in [0.15, 0.2) is 35.5 Å². The van der Waals surface area contributed by atoms with Crippen LogP contribution in [0.5, 0.6) is 0 Å². The van der Waals surface area contributed by atoms with E-state index in [4.69, 9.17) is 0 Å². The molecule has 1 fully saturated rings. The van der Waals surface area contributed by atoms with Crippen molar-refractivity contribution in [2.24, 2.45) is 0 Å². The lowest BCUT2D eigenvalue weighted by atomic mass is 10.2. The van der Waals surface area contributed by atoms with Gasteiger partial charge in [0.25, 0.3) is 11.5 Å². The van der Waals surface area contributed by atoms with Crippen LogP contribution in [0.1, 0.15) is 43.0 Å². The fourth-order valence-corrected chi connectivity index (χ4v) is 3.12. The van der Waals surface area contributed by atoms with Gasteiger partial charge in [-0.05, 0) is 31.9 Å². The summed E-state index contributed by atoms with van der Waals surface area (Å²) in [5.74, 6) is -0.725. The van der Waals surface area contributed by atoms with Gasteiger partial charge in [-0.3, -0.25) is 19.1 Å². The number of carbonyl (C=O) groups is 2. The van der Waals surface area contributed by atoms with E-state index >= 15 is 0 Å². The second-order valence-electron chi connectivity index (χ2n) is 6.44. The lowest BCUT2D eigenvalue weighted by molar-refractivity contribution is -0.116. The standard InChI is InChI=1S/C18H23N5O3/c1-2-23-11-14(10-19-23)20-16(24)12-22-9-5-8-15(18(22)26)17(25)21-13-6-3-4-7-13/h5,8-11,13H,2-4,6-7,12H2,1H3,(H,20,24)(H,21,25). The third-order valence-electron chi connectivity index (χ3n) is 4.51. The molecule has 2 amide bonds. The molecule has 2 heterocycles. The molecule has 0 aromatic carbocycles. The van der Waals surface area contributed by atoms with E-state index in [-0.39, 0.29) is 30.0 Å². The van der Waals surface area contributed by atoms with Crippen molar-refractivity contribution < 1.29 is 9.59 Å². The SMILES string of the molecule is CCn1cc(NC(=O)Cn2cccc(C(=O)NC3CCCC3)c2=O)cn1. The van der Waals surface area contributed by atoms with Crippen molar-refractivity contribution in [1.29, 1.82) is 0 Å². The van der Waals surface area contributed by atoms with Crippen molar-refractivity contribution in [3.63, 3.8) is 0 Å². The molecule has 0 aliphatic heterocycles. The van der Waals surface area contributed by atoms with Crippen LogP contribution >= 0.6 is 0 Å². The highest BCUT2D eigenvalue weighted by Gasteiger charge is 2.20. The Morgan fingerprint density at radius 2 is 2.08 bits per heavy atom. The number of nitrogens with zero attached hydrogens (tertiary/aromatic N) is 3. The average molecular weight is 357 g/mol. The van der Waals surface area contributed by atoms with Gasteiger partial charge in [0, 0.05) is 25.0 Å². The molecule has 1 saturated carbocycles. The van der Waals surface area contributed by atoms with Crippen molar-refractivity contribution in [3.8, 4) is 0 Å². The minimum Gasteiger partial charge on any atom is -0.349 e. The average Bonchev–Trinajstić information content (AvgIpc) is 3.28. The smallest absolute Gasteiger partial charge is 0.263 e. The molecular formula is C18H23N5O3. The van der Waals surface area contributed by atoms with Crippen molar-refractivity contribution in [1.82, 2.24) is 19.7 Å². The number of rotatable bonds is 6. The molecule has 138 valence electrons. The first-order chi connectivity index (χ1) is 12.6. The Bertz CT molecular complexity index is 849. The Hall–Kier alpha value is -2.90. The van der Waals surface area contributed by atoms with E-state index in [2.05, 4.69) is 15.7 Å². The second kappa shape index (κ2) is 7.99. The molecule has 0 unspecified atom stereocenters. The van der Waals surface area contributed by atoms with Crippen LogP contribution in [-0.4, -0.2) is 32.2 Å². The van der Waals surface area contributed by atoms with Crippen LogP contribution in [0, 0.1) is 0 Å². The van der Waals surface area contributed by atoms with E-state index in [0.29, 0.717) is 12.2 Å². The van der Waals surface area contributed by atoms with Crippen LogP contribution < -0.4 is 16.2 Å². The molecule has 1 aliphatic carbocycles. The number of pyridine rings is 1. The third kappa shape index (κ3) is 4.19. The van der Waals surface area contributed by atoms with E-state index < -0.39 is 5.56 Å². The second-order valence-corrected chi connectivity index (χ2v) is 6.44. The van der Waals surface area contributed by atoms with E-state index in [1.165, 1.54) is 16.8 Å². The summed E-state index contributed by atoms with van der Waals surface area (Å²) in [6.07, 6.45) is 8.85. The number of hydrogen-bond acceptors (Lipinski definition) is 4. The topological polar surface area (TPSA) is 98.0 Å². The zero-order valence-corrected chi connectivity index (χ0v) is 14.8. The Kier molecular flexibility index (Phi) is 5.50. The normalized spacial score (nSPS) is 14.3. The first-order valence-corrected chi connectivity index (χ1v) is 8.89. The maximum atomic E-state index is 12.5. The summed E-state index contributed by atoms with van der Waals surface area (Å²) in [4.78, 5) is 37.1. The van der Waals surface area contributed by atoms with E-state index in [1.807, 2.05) is 6.92 Å². The van der Waals surface area contributed by atoms with Crippen molar-refractivity contribution in [2.75, 3.05) is 5.32 Å². The van der Waals surface area contributed by atoms with Gasteiger partial charge in [0.15, 0.2) is 0 Å². The summed E-state index contributed by atoms with van der Waals surface area (Å²) in [6.45, 7) is 2.48. The molecule has 26 heavy (non-hydrogen) atoms. The van der Waals surface area contributed by atoms with Gasteiger partial charge in [0.1, 0.15) is 12.1 Å². The zero-order valence-electron chi connectivity index (χ0n) is 14.8. The maximum Gasteiger partial charge on any atom is 0.263 e. The first kappa shape index (κ1) is 17.9. The minimum atomic E-state index is -0.470. The minimum absolute atomic E-state index is 0.0611. The van der Waals surface area contributed by atoms with Gasteiger partial charge in [0.05, 0.1) is 11.9 Å².